The maximum Gasteiger partial charge on any atom is 0.256 e. The summed E-state index contributed by atoms with van der Waals surface area (Å²) < 4.78 is 0. The van der Waals surface area contributed by atoms with Crippen LogP contribution in [0.15, 0.2) is 52.3 Å². The zero-order valence-corrected chi connectivity index (χ0v) is 14.8. The van der Waals surface area contributed by atoms with Gasteiger partial charge in [-0.2, -0.15) is 0 Å². The number of nitrogens with zero attached hydrogens (tertiary/aromatic N) is 1. The zero-order valence-electron chi connectivity index (χ0n) is 14.0. The van der Waals surface area contributed by atoms with Crippen molar-refractivity contribution in [1.29, 1.82) is 0 Å². The lowest BCUT2D eigenvalue weighted by Crippen LogP contribution is -2.31. The van der Waals surface area contributed by atoms with Crippen LogP contribution in [0.4, 0.5) is 5.69 Å². The van der Waals surface area contributed by atoms with Crippen molar-refractivity contribution in [2.45, 2.75) is 35.5 Å². The molecular weight excluding hydrogens is 332 g/mol. The highest BCUT2D eigenvalue weighted by Gasteiger charge is 2.22. The summed E-state index contributed by atoms with van der Waals surface area (Å²) in [7, 11) is 0. The molecule has 5 heteroatoms. The van der Waals surface area contributed by atoms with Crippen LogP contribution < -0.4 is 5.32 Å². The van der Waals surface area contributed by atoms with Gasteiger partial charge in [-0.15, -0.1) is 0 Å². The van der Waals surface area contributed by atoms with E-state index in [9.17, 15) is 9.59 Å². The average molecular weight is 352 g/mol. The van der Waals surface area contributed by atoms with Crippen LogP contribution in [0.5, 0.6) is 0 Å². The Bertz CT molecular complexity index is 826. The zero-order chi connectivity index (χ0) is 17.2. The Morgan fingerprint density at radius 2 is 1.72 bits per heavy atom. The van der Waals surface area contributed by atoms with Crippen LogP contribution >= 0.6 is 11.8 Å². The molecule has 0 atom stereocenters. The van der Waals surface area contributed by atoms with Crippen LogP contribution in [0.25, 0.3) is 0 Å². The van der Waals surface area contributed by atoms with Crippen molar-refractivity contribution in [2.24, 2.45) is 0 Å². The van der Waals surface area contributed by atoms with Gasteiger partial charge in [-0.1, -0.05) is 36.7 Å². The third-order valence-electron chi connectivity index (χ3n) is 4.72. The van der Waals surface area contributed by atoms with Crippen LogP contribution in [0, 0.1) is 0 Å². The van der Waals surface area contributed by atoms with E-state index < -0.39 is 0 Å². The number of carbonyl (C=O) groups is 2. The number of rotatable bonds is 1. The van der Waals surface area contributed by atoms with Gasteiger partial charge in [-0.25, -0.2) is 0 Å². The Hall–Kier alpha value is -2.27. The monoisotopic (exact) mass is 352 g/mol. The summed E-state index contributed by atoms with van der Waals surface area (Å²) in [4.78, 5) is 29.1. The van der Waals surface area contributed by atoms with Crippen molar-refractivity contribution in [3.63, 3.8) is 0 Å². The van der Waals surface area contributed by atoms with Gasteiger partial charge in [0.05, 0.1) is 11.3 Å². The molecule has 0 aromatic heterocycles. The Kier molecular flexibility index (Phi) is 4.49. The fourth-order valence-corrected chi connectivity index (χ4v) is 4.37. The van der Waals surface area contributed by atoms with Gasteiger partial charge in [0.25, 0.3) is 11.8 Å². The molecule has 0 unspecified atom stereocenters. The van der Waals surface area contributed by atoms with Crippen molar-refractivity contribution in [3.8, 4) is 0 Å². The highest BCUT2D eigenvalue weighted by Crippen LogP contribution is 2.39. The molecule has 0 bridgehead atoms. The van der Waals surface area contributed by atoms with Gasteiger partial charge in [0.15, 0.2) is 0 Å². The van der Waals surface area contributed by atoms with E-state index in [1.54, 1.807) is 11.8 Å². The van der Waals surface area contributed by atoms with Gasteiger partial charge in [-0.05, 0) is 43.2 Å². The van der Waals surface area contributed by atoms with Gasteiger partial charge in [0.1, 0.15) is 0 Å². The lowest BCUT2D eigenvalue weighted by Gasteiger charge is -2.21. The number of hydrogen-bond acceptors (Lipinski definition) is 3. The molecule has 0 saturated carbocycles. The molecule has 128 valence electrons. The van der Waals surface area contributed by atoms with E-state index in [2.05, 4.69) is 5.32 Å². The second-order valence-electron chi connectivity index (χ2n) is 6.47. The van der Waals surface area contributed by atoms with E-state index in [4.69, 9.17) is 0 Å². The number of carbonyl (C=O) groups excluding carboxylic acids is 2. The molecule has 2 amide bonds. The number of amides is 2. The predicted octanol–water partition coefficient (Wildman–Crippen LogP) is 4.42. The first-order valence-corrected chi connectivity index (χ1v) is 9.55. The summed E-state index contributed by atoms with van der Waals surface area (Å²) in [6, 6.07) is 13.2. The lowest BCUT2D eigenvalue weighted by atomic mass is 10.1. The lowest BCUT2D eigenvalue weighted by molar-refractivity contribution is 0.0761. The third kappa shape index (κ3) is 3.29. The van der Waals surface area contributed by atoms with Crippen molar-refractivity contribution in [1.82, 2.24) is 4.90 Å². The van der Waals surface area contributed by atoms with Crippen molar-refractivity contribution in [2.75, 3.05) is 18.4 Å². The second kappa shape index (κ2) is 6.92. The molecule has 2 aliphatic rings. The van der Waals surface area contributed by atoms with Crippen molar-refractivity contribution < 1.29 is 9.59 Å². The molecule has 2 aromatic rings. The molecule has 2 aromatic carbocycles. The molecule has 1 N–H and O–H groups in total. The minimum absolute atomic E-state index is 0.0608. The van der Waals surface area contributed by atoms with E-state index in [1.165, 1.54) is 12.8 Å². The molecule has 2 aliphatic heterocycles. The van der Waals surface area contributed by atoms with Crippen LogP contribution in [-0.4, -0.2) is 29.8 Å². The highest BCUT2D eigenvalue weighted by molar-refractivity contribution is 7.99. The van der Waals surface area contributed by atoms with E-state index in [-0.39, 0.29) is 11.8 Å². The Labute approximate surface area is 151 Å². The second-order valence-corrected chi connectivity index (χ2v) is 7.55. The van der Waals surface area contributed by atoms with Crippen LogP contribution in [0.3, 0.4) is 0 Å². The number of benzene rings is 2. The third-order valence-corrected chi connectivity index (χ3v) is 5.87. The highest BCUT2D eigenvalue weighted by atomic mass is 32.2. The van der Waals surface area contributed by atoms with Gasteiger partial charge >= 0.3 is 0 Å². The van der Waals surface area contributed by atoms with E-state index in [0.29, 0.717) is 16.8 Å². The van der Waals surface area contributed by atoms with Gasteiger partial charge in [0.2, 0.25) is 0 Å². The first-order valence-electron chi connectivity index (χ1n) is 8.74. The fourth-order valence-electron chi connectivity index (χ4n) is 3.36. The first-order chi connectivity index (χ1) is 12.2. The molecule has 0 aliphatic carbocycles. The molecule has 0 spiro atoms. The van der Waals surface area contributed by atoms with Gasteiger partial charge in [0, 0.05) is 28.4 Å². The van der Waals surface area contributed by atoms with E-state index in [0.717, 1.165) is 35.7 Å². The molecular formula is C20H20N2O2S. The molecule has 2 heterocycles. The standard InChI is InChI=1S/C20H20N2O2S/c23-19-15-7-3-4-8-17(15)25-18-10-9-14(13-16(18)21-19)20(24)22-11-5-1-2-6-12-22/h3-4,7-10,13H,1-2,5-6,11-12H2,(H,21,23). The molecule has 25 heavy (non-hydrogen) atoms. The normalized spacial score (nSPS) is 17.0. The molecule has 1 fully saturated rings. The fraction of sp³-hybridized carbons (Fsp3) is 0.300. The van der Waals surface area contributed by atoms with Crippen LogP contribution in [0.1, 0.15) is 46.4 Å². The number of anilines is 1. The van der Waals surface area contributed by atoms with Gasteiger partial charge in [-0.3, -0.25) is 9.59 Å². The summed E-state index contributed by atoms with van der Waals surface area (Å²) in [5.41, 5.74) is 2.03. The van der Waals surface area contributed by atoms with Crippen LogP contribution in [-0.2, 0) is 0 Å². The molecule has 4 rings (SSSR count). The summed E-state index contributed by atoms with van der Waals surface area (Å²) in [6.07, 6.45) is 4.52. The van der Waals surface area contributed by atoms with Crippen molar-refractivity contribution >= 4 is 29.3 Å². The topological polar surface area (TPSA) is 49.4 Å². The number of nitrogens with one attached hydrogen (secondary N) is 1. The maximum absolute atomic E-state index is 12.8. The Morgan fingerprint density at radius 1 is 0.960 bits per heavy atom. The number of hydrogen-bond donors (Lipinski definition) is 1. The van der Waals surface area contributed by atoms with Crippen molar-refractivity contribution in [3.05, 3.63) is 53.6 Å². The Morgan fingerprint density at radius 3 is 2.52 bits per heavy atom. The summed E-state index contributed by atoms with van der Waals surface area (Å²) in [5, 5.41) is 2.96. The SMILES string of the molecule is O=C1Nc2cc(C(=O)N3CCCCCC3)ccc2Sc2ccccc21. The number of fused-ring (bicyclic) bond motifs is 2. The molecule has 0 radical (unpaired) electrons. The smallest absolute Gasteiger partial charge is 0.256 e. The molecule has 1 saturated heterocycles. The average Bonchev–Trinajstić information content (AvgIpc) is 2.98. The summed E-state index contributed by atoms with van der Waals surface area (Å²) >= 11 is 1.56. The number of likely N-dealkylation sites (tertiary alicyclic amines) is 1. The van der Waals surface area contributed by atoms with Gasteiger partial charge < -0.3 is 10.2 Å². The van der Waals surface area contributed by atoms with E-state index >= 15 is 0 Å². The minimum atomic E-state index is -0.124. The summed E-state index contributed by atoms with van der Waals surface area (Å²) in [6.45, 7) is 1.64. The quantitative estimate of drug-likeness (QED) is 0.826. The van der Waals surface area contributed by atoms with E-state index in [1.807, 2.05) is 47.4 Å². The Balaban J connectivity index is 1.63. The first kappa shape index (κ1) is 16.2. The predicted molar refractivity (Wildman–Crippen MR) is 99.3 cm³/mol. The summed E-state index contributed by atoms with van der Waals surface area (Å²) in [5.74, 6) is -0.0630. The minimum Gasteiger partial charge on any atom is -0.339 e. The molecule has 4 nitrogen and oxygen atoms in total. The largest absolute Gasteiger partial charge is 0.339 e. The maximum atomic E-state index is 12.8. The van der Waals surface area contributed by atoms with Crippen LogP contribution in [0.2, 0.25) is 0 Å².